The van der Waals surface area contributed by atoms with E-state index in [1.807, 2.05) is 0 Å². The molecule has 1 aliphatic rings. The second-order valence-corrected chi connectivity index (χ2v) is 4.69. The highest BCUT2D eigenvalue weighted by Gasteiger charge is 2.20. The van der Waals surface area contributed by atoms with Gasteiger partial charge in [0.2, 0.25) is 0 Å². The maximum atomic E-state index is 13.3. The van der Waals surface area contributed by atoms with Crippen LogP contribution in [-0.4, -0.2) is 29.8 Å². The molecule has 2 aromatic rings. The molecule has 0 saturated carbocycles. The number of ether oxygens (including phenoxy) is 2. The fourth-order valence-corrected chi connectivity index (χ4v) is 2.15. The lowest BCUT2D eigenvalue weighted by atomic mass is 10.3. The number of aromatic nitrogens is 2. The lowest BCUT2D eigenvalue weighted by Gasteiger charge is -2.20. The van der Waals surface area contributed by atoms with E-state index < -0.39 is 0 Å². The van der Waals surface area contributed by atoms with Crippen LogP contribution in [-0.2, 0) is 9.47 Å². The van der Waals surface area contributed by atoms with Crippen LogP contribution in [0.4, 0.5) is 4.39 Å². The minimum Gasteiger partial charge on any atom is -0.376 e. The van der Waals surface area contributed by atoms with E-state index in [0.717, 1.165) is 0 Å². The van der Waals surface area contributed by atoms with E-state index in [4.69, 9.17) is 9.47 Å². The van der Waals surface area contributed by atoms with Crippen molar-refractivity contribution in [2.45, 2.75) is 6.10 Å². The van der Waals surface area contributed by atoms with Gasteiger partial charge in [0.05, 0.1) is 35.3 Å². The molecule has 1 fully saturated rings. The van der Waals surface area contributed by atoms with Crippen molar-refractivity contribution in [3.63, 3.8) is 0 Å². The van der Waals surface area contributed by atoms with E-state index in [2.05, 4.69) is 25.9 Å². The molecular weight excluding hydrogens is 291 g/mol. The number of benzene rings is 1. The number of H-pyrrole nitrogens is 1. The maximum absolute atomic E-state index is 13.3. The zero-order valence-electron chi connectivity index (χ0n) is 8.87. The van der Waals surface area contributed by atoms with E-state index in [1.165, 1.54) is 6.07 Å². The molecular formula is C11H10BrFN2O2. The Bertz CT molecular complexity index is 513. The van der Waals surface area contributed by atoms with Crippen LogP contribution in [0.5, 0.6) is 0 Å². The zero-order chi connectivity index (χ0) is 11.8. The third kappa shape index (κ3) is 2.08. The van der Waals surface area contributed by atoms with Crippen LogP contribution in [0.2, 0.25) is 0 Å². The van der Waals surface area contributed by atoms with Crippen LogP contribution >= 0.6 is 15.9 Å². The molecule has 1 aromatic carbocycles. The molecule has 1 atom stereocenters. The van der Waals surface area contributed by atoms with Crippen LogP contribution in [0.1, 0.15) is 11.9 Å². The van der Waals surface area contributed by atoms with Crippen LogP contribution in [0, 0.1) is 5.82 Å². The minimum absolute atomic E-state index is 0.196. The predicted octanol–water partition coefficient (Wildman–Crippen LogP) is 2.55. The number of rotatable bonds is 1. The Morgan fingerprint density at radius 3 is 3.06 bits per heavy atom. The van der Waals surface area contributed by atoms with E-state index in [-0.39, 0.29) is 11.9 Å². The van der Waals surface area contributed by atoms with Gasteiger partial charge >= 0.3 is 0 Å². The van der Waals surface area contributed by atoms with Crippen LogP contribution in [0.25, 0.3) is 11.0 Å². The average molecular weight is 301 g/mol. The van der Waals surface area contributed by atoms with Gasteiger partial charge in [0.25, 0.3) is 0 Å². The fourth-order valence-electron chi connectivity index (χ4n) is 1.82. The Hall–Kier alpha value is -0.980. The van der Waals surface area contributed by atoms with Crippen LogP contribution in [0.15, 0.2) is 16.6 Å². The predicted molar refractivity (Wildman–Crippen MR) is 63.3 cm³/mol. The highest BCUT2D eigenvalue weighted by molar-refractivity contribution is 9.10. The van der Waals surface area contributed by atoms with E-state index in [1.54, 1.807) is 6.07 Å². The molecule has 90 valence electrons. The first-order valence-corrected chi connectivity index (χ1v) is 6.07. The Balaban J connectivity index is 2.00. The van der Waals surface area contributed by atoms with Gasteiger partial charge in [-0.2, -0.15) is 0 Å². The summed E-state index contributed by atoms with van der Waals surface area (Å²) in [5.41, 5.74) is 1.37. The molecule has 0 amide bonds. The van der Waals surface area contributed by atoms with Crippen molar-refractivity contribution in [3.05, 3.63) is 28.2 Å². The smallest absolute Gasteiger partial charge is 0.139 e. The monoisotopic (exact) mass is 300 g/mol. The Morgan fingerprint density at radius 1 is 1.41 bits per heavy atom. The van der Waals surface area contributed by atoms with Gasteiger partial charge < -0.3 is 14.5 Å². The molecule has 6 heteroatoms. The number of aromatic amines is 1. The summed E-state index contributed by atoms with van der Waals surface area (Å²) in [6.45, 7) is 1.64. The Kier molecular flexibility index (Phi) is 2.85. The van der Waals surface area contributed by atoms with Crippen molar-refractivity contribution in [1.82, 2.24) is 9.97 Å². The summed E-state index contributed by atoms with van der Waals surface area (Å²) in [6, 6.07) is 3.06. The summed E-state index contributed by atoms with van der Waals surface area (Å²) in [7, 11) is 0. The number of hydrogen-bond donors (Lipinski definition) is 1. The normalized spacial score (nSPS) is 20.9. The van der Waals surface area contributed by atoms with Gasteiger partial charge in [-0.05, 0) is 22.0 Å². The summed E-state index contributed by atoms with van der Waals surface area (Å²) in [6.07, 6.45) is -0.196. The van der Waals surface area contributed by atoms with Gasteiger partial charge in [-0.1, -0.05) is 0 Å². The number of nitrogens with zero attached hydrogens (tertiary/aromatic N) is 1. The van der Waals surface area contributed by atoms with E-state index >= 15 is 0 Å². The lowest BCUT2D eigenvalue weighted by Crippen LogP contribution is -2.22. The number of fused-ring (bicyclic) bond motifs is 1. The van der Waals surface area contributed by atoms with Gasteiger partial charge in [-0.25, -0.2) is 9.37 Å². The molecule has 1 unspecified atom stereocenters. The van der Waals surface area contributed by atoms with Crippen molar-refractivity contribution in [1.29, 1.82) is 0 Å². The molecule has 4 nitrogen and oxygen atoms in total. The van der Waals surface area contributed by atoms with Crippen molar-refractivity contribution in [2.75, 3.05) is 19.8 Å². The van der Waals surface area contributed by atoms with Gasteiger partial charge in [0.15, 0.2) is 0 Å². The van der Waals surface area contributed by atoms with E-state index in [9.17, 15) is 4.39 Å². The average Bonchev–Trinajstić information content (AvgIpc) is 2.74. The quantitative estimate of drug-likeness (QED) is 0.880. The zero-order valence-corrected chi connectivity index (χ0v) is 10.5. The lowest BCUT2D eigenvalue weighted by molar-refractivity contribution is -0.0931. The number of imidazole rings is 1. The van der Waals surface area contributed by atoms with E-state index in [0.29, 0.717) is 41.2 Å². The highest BCUT2D eigenvalue weighted by atomic mass is 79.9. The second kappa shape index (κ2) is 4.36. The third-order valence-corrected chi connectivity index (χ3v) is 3.27. The van der Waals surface area contributed by atoms with Crippen LogP contribution in [0.3, 0.4) is 0 Å². The molecule has 17 heavy (non-hydrogen) atoms. The molecule has 0 radical (unpaired) electrons. The SMILES string of the molecule is Fc1cc2[nH]c(C3COCCO3)nc2cc1Br. The summed E-state index contributed by atoms with van der Waals surface area (Å²) in [4.78, 5) is 7.44. The highest BCUT2D eigenvalue weighted by Crippen LogP contribution is 2.25. The van der Waals surface area contributed by atoms with Gasteiger partial charge in [-0.3, -0.25) is 0 Å². The molecule has 0 bridgehead atoms. The van der Waals surface area contributed by atoms with Crippen molar-refractivity contribution in [2.24, 2.45) is 0 Å². The molecule has 1 N–H and O–H groups in total. The van der Waals surface area contributed by atoms with Crippen LogP contribution < -0.4 is 0 Å². The second-order valence-electron chi connectivity index (χ2n) is 3.84. The van der Waals surface area contributed by atoms with Crippen molar-refractivity contribution >= 4 is 27.0 Å². The fraction of sp³-hybridized carbons (Fsp3) is 0.364. The molecule has 2 heterocycles. The molecule has 0 spiro atoms. The summed E-state index contributed by atoms with van der Waals surface area (Å²) < 4.78 is 24.6. The number of halogens is 2. The summed E-state index contributed by atoms with van der Waals surface area (Å²) in [5.74, 6) is 0.366. The molecule has 0 aliphatic carbocycles. The number of hydrogen-bond acceptors (Lipinski definition) is 3. The number of nitrogens with one attached hydrogen (secondary N) is 1. The Morgan fingerprint density at radius 2 is 2.29 bits per heavy atom. The maximum Gasteiger partial charge on any atom is 0.139 e. The molecule has 1 aliphatic heterocycles. The Labute approximate surface area is 105 Å². The van der Waals surface area contributed by atoms with Crippen molar-refractivity contribution in [3.8, 4) is 0 Å². The topological polar surface area (TPSA) is 47.1 Å². The molecule has 3 rings (SSSR count). The standard InChI is InChI=1S/C11H10BrFN2O2/c12-6-3-8-9(4-7(6)13)15-11(14-8)10-5-16-1-2-17-10/h3-4,10H,1-2,5H2,(H,14,15). The first-order valence-electron chi connectivity index (χ1n) is 5.28. The summed E-state index contributed by atoms with van der Waals surface area (Å²) in [5, 5.41) is 0. The van der Waals surface area contributed by atoms with Gasteiger partial charge in [-0.15, -0.1) is 0 Å². The first kappa shape index (κ1) is 11.1. The first-order chi connectivity index (χ1) is 8.24. The van der Waals surface area contributed by atoms with Gasteiger partial charge in [0, 0.05) is 6.07 Å². The molecule has 1 saturated heterocycles. The third-order valence-electron chi connectivity index (χ3n) is 2.66. The largest absolute Gasteiger partial charge is 0.376 e. The van der Waals surface area contributed by atoms with Crippen molar-refractivity contribution < 1.29 is 13.9 Å². The summed E-state index contributed by atoms with van der Waals surface area (Å²) >= 11 is 3.14. The minimum atomic E-state index is -0.312. The van der Waals surface area contributed by atoms with Gasteiger partial charge in [0.1, 0.15) is 17.7 Å². The molecule has 1 aromatic heterocycles.